The van der Waals surface area contributed by atoms with Gasteiger partial charge in [-0.3, -0.25) is 4.90 Å². The molecule has 0 saturated carbocycles. The Bertz CT molecular complexity index is 931. The molecule has 6 heteroatoms. The van der Waals surface area contributed by atoms with E-state index in [2.05, 4.69) is 59.3 Å². The molecule has 4 nitrogen and oxygen atoms in total. The van der Waals surface area contributed by atoms with E-state index in [0.29, 0.717) is 0 Å². The summed E-state index contributed by atoms with van der Waals surface area (Å²) in [6.07, 6.45) is 2.44. The van der Waals surface area contributed by atoms with Crippen molar-refractivity contribution >= 4 is 30.5 Å². The third kappa shape index (κ3) is 7.94. The molecule has 3 aromatic carbocycles. The summed E-state index contributed by atoms with van der Waals surface area (Å²) in [4.78, 5) is 4.65. The van der Waals surface area contributed by atoms with E-state index >= 15 is 0 Å². The average Bonchev–Trinajstić information content (AvgIpc) is 2.81. The second-order valence-electron chi connectivity index (χ2n) is 8.57. The molecule has 1 N–H and O–H groups in total. The Balaban J connectivity index is 0.00000193. The minimum atomic E-state index is -0.572. The Morgan fingerprint density at radius 2 is 1.36 bits per heavy atom. The van der Waals surface area contributed by atoms with Crippen LogP contribution in [0.25, 0.3) is 0 Å². The van der Waals surface area contributed by atoms with Crippen LogP contribution in [-0.2, 0) is 6.54 Å². The van der Waals surface area contributed by atoms with E-state index in [1.807, 2.05) is 42.5 Å². The van der Waals surface area contributed by atoms with Gasteiger partial charge in [-0.05, 0) is 61.2 Å². The maximum Gasteiger partial charge on any atom is 0.127 e. The average molecular weight is 489 g/mol. The molecule has 0 aliphatic carbocycles. The van der Waals surface area contributed by atoms with Gasteiger partial charge in [0.05, 0.1) is 5.60 Å². The zero-order valence-corrected chi connectivity index (χ0v) is 20.7. The van der Waals surface area contributed by atoms with Gasteiger partial charge in [0.1, 0.15) is 11.5 Å². The van der Waals surface area contributed by atoms with Crippen molar-refractivity contribution in [1.29, 1.82) is 0 Å². The summed E-state index contributed by atoms with van der Waals surface area (Å²) in [5, 5.41) is 11.1. The van der Waals surface area contributed by atoms with Crippen LogP contribution in [0.5, 0.6) is 11.5 Å². The van der Waals surface area contributed by atoms with Gasteiger partial charge >= 0.3 is 0 Å². The van der Waals surface area contributed by atoms with E-state index in [1.54, 1.807) is 0 Å². The highest BCUT2D eigenvalue weighted by atomic mass is 35.5. The zero-order valence-electron chi connectivity index (χ0n) is 19.1. The Kier molecular flexibility index (Phi) is 10.5. The van der Waals surface area contributed by atoms with Crippen LogP contribution in [-0.4, -0.2) is 42.3 Å². The van der Waals surface area contributed by atoms with Gasteiger partial charge in [0, 0.05) is 38.9 Å². The maximum atomic E-state index is 11.1. The van der Waals surface area contributed by atoms with Crippen LogP contribution in [0.2, 0.25) is 0 Å². The second kappa shape index (κ2) is 12.9. The van der Waals surface area contributed by atoms with E-state index in [4.69, 9.17) is 4.74 Å². The fourth-order valence-electron chi connectivity index (χ4n) is 4.12. The number of aliphatic hydroxyl groups is 1. The standard InChI is InChI=1S/C27H32N2O2.2ClH/c1-28(24-12-14-26(15-13-24)31-25-10-6-3-7-11-25)19-16-27(30)17-20-29(21-18-27)22-23-8-4-2-5-9-23;;/h2-15,30H,16-22H2,1H3;2*1H. The number of nitrogens with zero attached hydrogens (tertiary/aromatic N) is 2. The SMILES string of the molecule is CN(CCC1(O)CCN(Cc2ccccc2)CC1)c1ccc(Oc2ccccc2)cc1.Cl.Cl. The smallest absolute Gasteiger partial charge is 0.127 e. The Labute approximate surface area is 210 Å². The van der Waals surface area contributed by atoms with Crippen molar-refractivity contribution in [1.82, 2.24) is 4.90 Å². The first-order chi connectivity index (χ1) is 15.1. The fourth-order valence-corrected chi connectivity index (χ4v) is 4.12. The van der Waals surface area contributed by atoms with Crippen molar-refractivity contribution in [2.45, 2.75) is 31.4 Å². The molecule has 0 bridgehead atoms. The molecule has 0 radical (unpaired) electrons. The van der Waals surface area contributed by atoms with Crippen LogP contribution < -0.4 is 9.64 Å². The number of likely N-dealkylation sites (tertiary alicyclic amines) is 1. The molecule has 178 valence electrons. The number of ether oxygens (including phenoxy) is 1. The van der Waals surface area contributed by atoms with Gasteiger partial charge < -0.3 is 14.7 Å². The van der Waals surface area contributed by atoms with Crippen LogP contribution in [0.15, 0.2) is 84.9 Å². The maximum absolute atomic E-state index is 11.1. The van der Waals surface area contributed by atoms with Crippen LogP contribution in [0.1, 0.15) is 24.8 Å². The lowest BCUT2D eigenvalue weighted by atomic mass is 9.88. The number of hydrogen-bond acceptors (Lipinski definition) is 4. The molecular formula is C27H34Cl2N2O2. The molecule has 1 aliphatic rings. The molecule has 0 aromatic heterocycles. The molecule has 1 saturated heterocycles. The molecule has 0 amide bonds. The molecule has 1 aliphatic heterocycles. The Morgan fingerprint density at radius 1 is 0.818 bits per heavy atom. The number of para-hydroxylation sites is 1. The van der Waals surface area contributed by atoms with Crippen LogP contribution in [0.4, 0.5) is 5.69 Å². The lowest BCUT2D eigenvalue weighted by Gasteiger charge is -2.39. The first-order valence-electron chi connectivity index (χ1n) is 11.1. The van der Waals surface area contributed by atoms with E-state index in [0.717, 1.165) is 62.6 Å². The Morgan fingerprint density at radius 3 is 1.97 bits per heavy atom. The number of anilines is 1. The van der Waals surface area contributed by atoms with E-state index in [1.165, 1.54) is 5.56 Å². The molecular weight excluding hydrogens is 455 g/mol. The number of piperidine rings is 1. The van der Waals surface area contributed by atoms with Gasteiger partial charge in [-0.15, -0.1) is 24.8 Å². The van der Waals surface area contributed by atoms with Crippen molar-refractivity contribution in [2.75, 3.05) is 31.6 Å². The van der Waals surface area contributed by atoms with Crippen LogP contribution >= 0.6 is 24.8 Å². The molecule has 0 unspecified atom stereocenters. The highest BCUT2D eigenvalue weighted by Gasteiger charge is 2.32. The molecule has 0 spiro atoms. The minimum Gasteiger partial charge on any atom is -0.457 e. The summed E-state index contributed by atoms with van der Waals surface area (Å²) < 4.78 is 5.87. The third-order valence-corrected chi connectivity index (χ3v) is 6.20. The fraction of sp³-hybridized carbons (Fsp3) is 0.333. The second-order valence-corrected chi connectivity index (χ2v) is 8.57. The highest BCUT2D eigenvalue weighted by Crippen LogP contribution is 2.28. The topological polar surface area (TPSA) is 35.9 Å². The number of rotatable bonds is 8. The number of hydrogen-bond donors (Lipinski definition) is 1. The third-order valence-electron chi connectivity index (χ3n) is 6.20. The van der Waals surface area contributed by atoms with Crippen molar-refractivity contribution in [3.8, 4) is 11.5 Å². The molecule has 1 fully saturated rings. The normalized spacial score (nSPS) is 15.1. The predicted octanol–water partition coefficient (Wildman–Crippen LogP) is 6.18. The van der Waals surface area contributed by atoms with E-state index < -0.39 is 5.60 Å². The summed E-state index contributed by atoms with van der Waals surface area (Å²) in [7, 11) is 2.08. The minimum absolute atomic E-state index is 0. The van der Waals surface area contributed by atoms with Gasteiger partial charge in [0.2, 0.25) is 0 Å². The summed E-state index contributed by atoms with van der Waals surface area (Å²) >= 11 is 0. The van der Waals surface area contributed by atoms with Gasteiger partial charge in [-0.1, -0.05) is 48.5 Å². The van der Waals surface area contributed by atoms with Gasteiger partial charge in [-0.25, -0.2) is 0 Å². The number of halogens is 2. The summed E-state index contributed by atoms with van der Waals surface area (Å²) in [6.45, 7) is 3.68. The first-order valence-corrected chi connectivity index (χ1v) is 11.1. The van der Waals surface area contributed by atoms with Crippen molar-refractivity contribution in [3.05, 3.63) is 90.5 Å². The van der Waals surface area contributed by atoms with Gasteiger partial charge in [0.15, 0.2) is 0 Å². The summed E-state index contributed by atoms with van der Waals surface area (Å²) in [5.41, 5.74) is 1.90. The largest absolute Gasteiger partial charge is 0.457 e. The lowest BCUT2D eigenvalue weighted by Crippen LogP contribution is -2.45. The molecule has 1 heterocycles. The van der Waals surface area contributed by atoms with Crippen molar-refractivity contribution in [3.63, 3.8) is 0 Å². The zero-order chi connectivity index (χ0) is 21.5. The quantitative estimate of drug-likeness (QED) is 0.410. The van der Waals surface area contributed by atoms with E-state index in [9.17, 15) is 5.11 Å². The summed E-state index contributed by atoms with van der Waals surface area (Å²) in [5.74, 6) is 1.66. The van der Waals surface area contributed by atoms with Gasteiger partial charge in [-0.2, -0.15) is 0 Å². The molecule has 3 aromatic rings. The molecule has 33 heavy (non-hydrogen) atoms. The van der Waals surface area contributed by atoms with Crippen molar-refractivity contribution in [2.24, 2.45) is 0 Å². The number of benzene rings is 3. The first kappa shape index (κ1) is 27.0. The molecule has 4 rings (SSSR count). The van der Waals surface area contributed by atoms with Crippen LogP contribution in [0.3, 0.4) is 0 Å². The molecule has 0 atom stereocenters. The summed E-state index contributed by atoms with van der Waals surface area (Å²) in [6, 6.07) is 28.5. The van der Waals surface area contributed by atoms with E-state index in [-0.39, 0.29) is 24.8 Å². The van der Waals surface area contributed by atoms with Crippen LogP contribution in [0, 0.1) is 0 Å². The van der Waals surface area contributed by atoms with Gasteiger partial charge in [0.25, 0.3) is 0 Å². The predicted molar refractivity (Wildman–Crippen MR) is 141 cm³/mol. The highest BCUT2D eigenvalue weighted by molar-refractivity contribution is 5.85. The lowest BCUT2D eigenvalue weighted by molar-refractivity contribution is -0.0275. The monoisotopic (exact) mass is 488 g/mol. The Hall–Kier alpha value is -2.24. The van der Waals surface area contributed by atoms with Crippen molar-refractivity contribution < 1.29 is 9.84 Å².